The van der Waals surface area contributed by atoms with Crippen molar-refractivity contribution in [3.8, 4) is 11.5 Å². The molecule has 176 valence electrons. The van der Waals surface area contributed by atoms with Crippen molar-refractivity contribution in [1.29, 1.82) is 0 Å². The molecular formula is C27H22ClN3O2S2. The fourth-order valence-electron chi connectivity index (χ4n) is 3.82. The third kappa shape index (κ3) is 4.80. The van der Waals surface area contributed by atoms with E-state index in [2.05, 4.69) is 41.6 Å². The van der Waals surface area contributed by atoms with Crippen LogP contribution in [0.4, 0.5) is 5.69 Å². The molecule has 5 nitrogen and oxygen atoms in total. The number of hydrogen-bond acceptors (Lipinski definition) is 5. The van der Waals surface area contributed by atoms with E-state index in [0.29, 0.717) is 27.4 Å². The SMILES string of the molecule is CC[C@@H](C)c1ccc2oc(-c3cccc(NC(=S)NC(=O)c4sc5ccccc5c4Cl)c3)nc2c1. The zero-order valence-electron chi connectivity index (χ0n) is 19.1. The third-order valence-corrected chi connectivity index (χ3v) is 7.81. The number of nitrogens with zero attached hydrogens (tertiary/aromatic N) is 1. The first kappa shape index (κ1) is 23.5. The Labute approximate surface area is 217 Å². The van der Waals surface area contributed by atoms with Gasteiger partial charge in [0.2, 0.25) is 5.89 Å². The van der Waals surface area contributed by atoms with Gasteiger partial charge in [-0.1, -0.05) is 55.8 Å². The van der Waals surface area contributed by atoms with E-state index in [4.69, 9.17) is 28.2 Å². The lowest BCUT2D eigenvalue weighted by Crippen LogP contribution is -2.33. The van der Waals surface area contributed by atoms with Crippen molar-refractivity contribution in [1.82, 2.24) is 10.3 Å². The minimum atomic E-state index is -0.346. The normalized spacial score (nSPS) is 12.1. The summed E-state index contributed by atoms with van der Waals surface area (Å²) in [7, 11) is 0. The summed E-state index contributed by atoms with van der Waals surface area (Å²) in [6.07, 6.45) is 1.06. The zero-order chi connectivity index (χ0) is 24.5. The molecule has 35 heavy (non-hydrogen) atoms. The molecule has 0 unspecified atom stereocenters. The predicted molar refractivity (Wildman–Crippen MR) is 149 cm³/mol. The highest BCUT2D eigenvalue weighted by Crippen LogP contribution is 2.35. The van der Waals surface area contributed by atoms with Crippen molar-refractivity contribution in [3.63, 3.8) is 0 Å². The van der Waals surface area contributed by atoms with Crippen LogP contribution in [0, 0.1) is 0 Å². The van der Waals surface area contributed by atoms with E-state index in [1.807, 2.05) is 54.6 Å². The Balaban J connectivity index is 1.32. The Bertz CT molecular complexity index is 1570. The molecule has 0 aliphatic carbocycles. The van der Waals surface area contributed by atoms with Crippen molar-refractivity contribution in [2.45, 2.75) is 26.2 Å². The molecule has 0 saturated heterocycles. The molecule has 2 heterocycles. The fraction of sp³-hybridized carbons (Fsp3) is 0.148. The van der Waals surface area contributed by atoms with Gasteiger partial charge >= 0.3 is 0 Å². The van der Waals surface area contributed by atoms with Gasteiger partial charge in [-0.3, -0.25) is 10.1 Å². The second-order valence-corrected chi connectivity index (χ2v) is 10.1. The smallest absolute Gasteiger partial charge is 0.269 e. The molecule has 5 rings (SSSR count). The zero-order valence-corrected chi connectivity index (χ0v) is 21.5. The summed E-state index contributed by atoms with van der Waals surface area (Å²) >= 11 is 13.1. The number of benzene rings is 3. The Morgan fingerprint density at radius 1 is 1.14 bits per heavy atom. The van der Waals surface area contributed by atoms with Crippen LogP contribution in [0.2, 0.25) is 5.02 Å². The van der Waals surface area contributed by atoms with Crippen LogP contribution in [-0.2, 0) is 0 Å². The van der Waals surface area contributed by atoms with E-state index in [0.717, 1.165) is 33.2 Å². The number of carbonyl (C=O) groups is 1. The van der Waals surface area contributed by atoms with Gasteiger partial charge in [0.05, 0.1) is 5.02 Å². The minimum Gasteiger partial charge on any atom is -0.436 e. The number of amides is 1. The number of fused-ring (bicyclic) bond motifs is 2. The summed E-state index contributed by atoms with van der Waals surface area (Å²) < 4.78 is 6.94. The monoisotopic (exact) mass is 519 g/mol. The maximum Gasteiger partial charge on any atom is 0.269 e. The quantitative estimate of drug-likeness (QED) is 0.230. The summed E-state index contributed by atoms with van der Waals surface area (Å²) in [5.41, 5.74) is 4.33. The van der Waals surface area contributed by atoms with Crippen molar-refractivity contribution in [2.24, 2.45) is 0 Å². The Morgan fingerprint density at radius 2 is 1.97 bits per heavy atom. The molecule has 8 heteroatoms. The number of carbonyl (C=O) groups excluding carboxylic acids is 1. The number of thiophene rings is 1. The van der Waals surface area contributed by atoms with Gasteiger partial charge in [0, 0.05) is 21.3 Å². The summed E-state index contributed by atoms with van der Waals surface area (Å²) in [4.78, 5) is 17.9. The Hall–Kier alpha value is -3.26. The summed E-state index contributed by atoms with van der Waals surface area (Å²) in [6.45, 7) is 4.37. The van der Waals surface area contributed by atoms with E-state index in [9.17, 15) is 4.79 Å². The summed E-state index contributed by atoms with van der Waals surface area (Å²) in [5.74, 6) is 0.642. The molecule has 0 saturated carbocycles. The van der Waals surface area contributed by atoms with Crippen molar-refractivity contribution >= 4 is 73.0 Å². The van der Waals surface area contributed by atoms with E-state index in [1.54, 1.807) is 0 Å². The maximum absolute atomic E-state index is 12.8. The van der Waals surface area contributed by atoms with Gasteiger partial charge in [0.25, 0.3) is 5.91 Å². The van der Waals surface area contributed by atoms with E-state index >= 15 is 0 Å². The number of thiocarbonyl (C=S) groups is 1. The second-order valence-electron chi connectivity index (χ2n) is 8.29. The standard InChI is InChI=1S/C27H22ClN3O2S2/c1-3-15(2)16-11-12-21-20(14-16)30-26(33-21)17-7-6-8-18(13-17)29-27(34)31-25(32)24-23(28)19-9-4-5-10-22(19)35-24/h4-15H,3H2,1-2H3,(H2,29,31,32,34)/t15-/m1/s1. The topological polar surface area (TPSA) is 67.2 Å². The van der Waals surface area contributed by atoms with Gasteiger partial charge in [0.15, 0.2) is 10.7 Å². The maximum atomic E-state index is 12.8. The molecule has 0 fully saturated rings. The number of aromatic nitrogens is 1. The lowest BCUT2D eigenvalue weighted by Gasteiger charge is -2.09. The van der Waals surface area contributed by atoms with Crippen LogP contribution in [-0.4, -0.2) is 16.0 Å². The number of hydrogen-bond donors (Lipinski definition) is 2. The number of oxazole rings is 1. The molecule has 3 aromatic carbocycles. The molecule has 1 amide bonds. The van der Waals surface area contributed by atoms with Crippen LogP contribution in [0.5, 0.6) is 0 Å². The van der Waals surface area contributed by atoms with Gasteiger partial charge < -0.3 is 9.73 Å². The number of halogens is 1. The summed E-state index contributed by atoms with van der Waals surface area (Å²) in [6, 6.07) is 21.3. The second kappa shape index (κ2) is 9.77. The largest absolute Gasteiger partial charge is 0.436 e. The first-order valence-electron chi connectivity index (χ1n) is 11.2. The molecule has 0 radical (unpaired) electrons. The molecule has 0 spiro atoms. The molecule has 2 aromatic heterocycles. The van der Waals surface area contributed by atoms with Gasteiger partial charge in [0.1, 0.15) is 10.4 Å². The first-order valence-corrected chi connectivity index (χ1v) is 12.8. The van der Waals surface area contributed by atoms with Crippen LogP contribution >= 0.6 is 35.2 Å². The van der Waals surface area contributed by atoms with Crippen LogP contribution in [0.25, 0.3) is 32.6 Å². The Kier molecular flexibility index (Phi) is 6.56. The number of rotatable bonds is 5. The third-order valence-electron chi connectivity index (χ3n) is 5.93. The van der Waals surface area contributed by atoms with E-state index < -0.39 is 0 Å². The minimum absolute atomic E-state index is 0.177. The molecule has 2 N–H and O–H groups in total. The summed E-state index contributed by atoms with van der Waals surface area (Å²) in [5, 5.41) is 7.24. The van der Waals surface area contributed by atoms with Crippen molar-refractivity contribution in [3.05, 3.63) is 82.2 Å². The average Bonchev–Trinajstić information content (AvgIpc) is 3.44. The highest BCUT2D eigenvalue weighted by atomic mass is 35.5. The van der Waals surface area contributed by atoms with Gasteiger partial charge in [-0.2, -0.15) is 0 Å². The van der Waals surface area contributed by atoms with Gasteiger partial charge in [-0.15, -0.1) is 11.3 Å². The lowest BCUT2D eigenvalue weighted by molar-refractivity contribution is 0.0982. The Morgan fingerprint density at radius 3 is 2.77 bits per heavy atom. The first-order chi connectivity index (χ1) is 16.9. The van der Waals surface area contributed by atoms with Crippen LogP contribution in [0.3, 0.4) is 0 Å². The van der Waals surface area contributed by atoms with Gasteiger partial charge in [-0.25, -0.2) is 4.98 Å². The van der Waals surface area contributed by atoms with Crippen molar-refractivity contribution in [2.75, 3.05) is 5.32 Å². The van der Waals surface area contributed by atoms with E-state index in [1.165, 1.54) is 16.9 Å². The predicted octanol–water partition coefficient (Wildman–Crippen LogP) is 8.00. The molecule has 0 aliphatic rings. The fourth-order valence-corrected chi connectivity index (χ4v) is 5.45. The molecular weight excluding hydrogens is 498 g/mol. The number of nitrogens with one attached hydrogen (secondary N) is 2. The number of anilines is 1. The highest BCUT2D eigenvalue weighted by molar-refractivity contribution is 7.80. The average molecular weight is 520 g/mol. The van der Waals surface area contributed by atoms with Crippen LogP contribution in [0.15, 0.2) is 71.1 Å². The molecule has 0 aliphatic heterocycles. The van der Waals surface area contributed by atoms with E-state index in [-0.39, 0.29) is 11.0 Å². The van der Waals surface area contributed by atoms with Crippen LogP contribution in [0.1, 0.15) is 41.4 Å². The molecule has 0 bridgehead atoms. The van der Waals surface area contributed by atoms with Gasteiger partial charge in [-0.05, 0) is 66.5 Å². The van der Waals surface area contributed by atoms with Crippen molar-refractivity contribution < 1.29 is 9.21 Å². The molecule has 1 atom stereocenters. The highest BCUT2D eigenvalue weighted by Gasteiger charge is 2.18. The van der Waals surface area contributed by atoms with Crippen LogP contribution < -0.4 is 10.6 Å². The molecule has 5 aromatic rings. The lowest BCUT2D eigenvalue weighted by atomic mass is 9.98.